The standard InChI is InChI=1S/C32H47N9O5/c1-19-14-22(42)16-21-17-37-18-23(27(19)21)29(44)40-25(11-7-13-38-32(35)36)30(45)41-26(15-20-8-3-2-4-9-20)31(46)39-24(28(34)43)10-5-6-12-33/h2-4,8-9,14,16,23-26,37,42H,5-7,10-13,15,17-18,33H2,1H3,(H2,34,43)(H,39,46)(H,40,44)(H,41,45)(H4,35,36,38). The molecule has 14 heteroatoms. The molecule has 46 heavy (non-hydrogen) atoms. The summed E-state index contributed by atoms with van der Waals surface area (Å²) in [6.07, 6.45) is 2.24. The predicted octanol–water partition coefficient (Wildman–Crippen LogP) is -0.538. The number of primary amides is 1. The first-order valence-corrected chi connectivity index (χ1v) is 15.6. The summed E-state index contributed by atoms with van der Waals surface area (Å²) in [7, 11) is 0. The van der Waals surface area contributed by atoms with Gasteiger partial charge in [0.15, 0.2) is 5.96 Å². The van der Waals surface area contributed by atoms with Crippen LogP contribution in [0.15, 0.2) is 42.5 Å². The molecule has 250 valence electrons. The van der Waals surface area contributed by atoms with E-state index in [1.807, 2.05) is 37.3 Å². The molecule has 0 fully saturated rings. The number of rotatable bonds is 17. The van der Waals surface area contributed by atoms with Crippen molar-refractivity contribution in [2.24, 2.45) is 17.2 Å². The fraction of sp³-hybridized carbons (Fsp3) is 0.469. The van der Waals surface area contributed by atoms with E-state index in [9.17, 15) is 24.3 Å². The van der Waals surface area contributed by atoms with Gasteiger partial charge in [0, 0.05) is 26.1 Å². The van der Waals surface area contributed by atoms with Crippen molar-refractivity contribution < 1.29 is 24.3 Å². The van der Waals surface area contributed by atoms with Gasteiger partial charge in [0.25, 0.3) is 0 Å². The highest BCUT2D eigenvalue weighted by atomic mass is 16.3. The molecule has 0 saturated heterocycles. The van der Waals surface area contributed by atoms with E-state index >= 15 is 0 Å². The molecular formula is C32H47N9O5. The monoisotopic (exact) mass is 637 g/mol. The SMILES string of the molecule is Cc1cc(O)cc2c1C(C(=O)NC(CCCNC(=N)N)C(=O)NC(Cc1ccccc1)C(=O)NC(CCCCN)C(N)=O)CNC2. The largest absolute Gasteiger partial charge is 0.508 e. The Balaban J connectivity index is 1.83. The molecule has 0 saturated carbocycles. The molecule has 4 amide bonds. The maximum Gasteiger partial charge on any atom is 0.243 e. The number of hydrogen-bond donors (Lipinski definition) is 10. The maximum atomic E-state index is 13.8. The van der Waals surface area contributed by atoms with Crippen LogP contribution in [-0.2, 0) is 32.1 Å². The van der Waals surface area contributed by atoms with Crippen molar-refractivity contribution in [2.75, 3.05) is 19.6 Å². The lowest BCUT2D eigenvalue weighted by Gasteiger charge is -2.30. The molecular weight excluding hydrogens is 590 g/mol. The average Bonchev–Trinajstić information content (AvgIpc) is 3.01. The van der Waals surface area contributed by atoms with Crippen LogP contribution in [0.1, 0.15) is 60.3 Å². The zero-order valence-corrected chi connectivity index (χ0v) is 26.2. The molecule has 4 atom stereocenters. The summed E-state index contributed by atoms with van der Waals surface area (Å²) in [5.74, 6) is -2.99. The Hall–Kier alpha value is -4.69. The first kappa shape index (κ1) is 35.8. The Morgan fingerprint density at radius 2 is 1.63 bits per heavy atom. The fourth-order valence-corrected chi connectivity index (χ4v) is 5.63. The van der Waals surface area contributed by atoms with Crippen LogP contribution in [-0.4, -0.2) is 72.5 Å². The van der Waals surface area contributed by atoms with Crippen LogP contribution in [0.25, 0.3) is 0 Å². The lowest BCUT2D eigenvalue weighted by molar-refractivity contribution is -0.133. The highest BCUT2D eigenvalue weighted by Gasteiger charge is 2.33. The molecule has 1 aliphatic rings. The number of guanidine groups is 1. The highest BCUT2D eigenvalue weighted by Crippen LogP contribution is 2.31. The van der Waals surface area contributed by atoms with Crippen LogP contribution in [0, 0.1) is 12.3 Å². The predicted molar refractivity (Wildman–Crippen MR) is 174 cm³/mol. The van der Waals surface area contributed by atoms with Gasteiger partial charge < -0.3 is 48.9 Å². The number of aryl methyl sites for hydroxylation is 1. The Morgan fingerprint density at radius 1 is 0.957 bits per heavy atom. The lowest BCUT2D eigenvalue weighted by Crippen LogP contribution is -2.57. The number of aromatic hydroxyl groups is 1. The average molecular weight is 638 g/mol. The number of amides is 4. The van der Waals surface area contributed by atoms with Crippen molar-refractivity contribution in [3.63, 3.8) is 0 Å². The Bertz CT molecular complexity index is 1370. The Labute approximate surface area is 269 Å². The highest BCUT2D eigenvalue weighted by molar-refractivity contribution is 5.95. The van der Waals surface area contributed by atoms with Crippen molar-refractivity contribution in [1.29, 1.82) is 5.41 Å². The van der Waals surface area contributed by atoms with Gasteiger partial charge in [-0.3, -0.25) is 24.6 Å². The van der Waals surface area contributed by atoms with Crippen LogP contribution in [0.2, 0.25) is 0 Å². The van der Waals surface area contributed by atoms with Crippen LogP contribution in [0.3, 0.4) is 0 Å². The first-order valence-electron chi connectivity index (χ1n) is 15.6. The summed E-state index contributed by atoms with van der Waals surface area (Å²) >= 11 is 0. The molecule has 2 aromatic rings. The normalized spacial score (nSPS) is 15.8. The minimum Gasteiger partial charge on any atom is -0.508 e. The van der Waals surface area contributed by atoms with Crippen molar-refractivity contribution in [2.45, 2.75) is 76.0 Å². The molecule has 0 spiro atoms. The Kier molecular flexibility index (Phi) is 13.8. The lowest BCUT2D eigenvalue weighted by atomic mass is 9.86. The number of phenolic OH excluding ortho intramolecular Hbond substituents is 1. The summed E-state index contributed by atoms with van der Waals surface area (Å²) < 4.78 is 0. The molecule has 1 aliphatic heterocycles. The van der Waals surface area contributed by atoms with E-state index < -0.39 is 41.8 Å². The summed E-state index contributed by atoms with van der Waals surface area (Å²) in [6.45, 7) is 3.38. The topological polar surface area (TPSA) is 251 Å². The Morgan fingerprint density at radius 3 is 2.30 bits per heavy atom. The number of unbranched alkanes of at least 4 members (excludes halogenated alkanes) is 1. The number of fused-ring (bicyclic) bond motifs is 1. The van der Waals surface area contributed by atoms with Crippen LogP contribution >= 0.6 is 0 Å². The molecule has 1 heterocycles. The number of nitrogens with two attached hydrogens (primary N) is 3. The quantitative estimate of drug-likeness (QED) is 0.0607. The third kappa shape index (κ3) is 10.7. The zero-order valence-electron chi connectivity index (χ0n) is 26.2. The van der Waals surface area contributed by atoms with Gasteiger partial charge in [-0.15, -0.1) is 0 Å². The van der Waals surface area contributed by atoms with E-state index in [1.54, 1.807) is 12.1 Å². The second-order valence-electron chi connectivity index (χ2n) is 11.6. The number of hydrogen-bond acceptors (Lipinski definition) is 8. The molecule has 0 radical (unpaired) electrons. The molecule has 4 unspecified atom stereocenters. The summed E-state index contributed by atoms with van der Waals surface area (Å²) in [6, 6.07) is 9.26. The van der Waals surface area contributed by atoms with Crippen molar-refractivity contribution in [3.05, 3.63) is 64.7 Å². The van der Waals surface area contributed by atoms with Crippen molar-refractivity contribution in [3.8, 4) is 5.75 Å². The number of benzene rings is 2. The van der Waals surface area contributed by atoms with Crippen LogP contribution in [0.4, 0.5) is 0 Å². The van der Waals surface area contributed by atoms with Gasteiger partial charge in [0.1, 0.15) is 23.9 Å². The molecule has 0 aliphatic carbocycles. The molecule has 3 rings (SSSR count). The van der Waals surface area contributed by atoms with Gasteiger partial charge in [0.05, 0.1) is 5.92 Å². The smallest absolute Gasteiger partial charge is 0.243 e. The molecule has 14 nitrogen and oxygen atoms in total. The van der Waals surface area contributed by atoms with E-state index in [1.165, 1.54) is 0 Å². The van der Waals surface area contributed by atoms with E-state index in [2.05, 4.69) is 26.6 Å². The van der Waals surface area contributed by atoms with Gasteiger partial charge in [-0.2, -0.15) is 0 Å². The second-order valence-corrected chi connectivity index (χ2v) is 11.6. The van der Waals surface area contributed by atoms with E-state index in [0.29, 0.717) is 45.3 Å². The molecule has 2 aromatic carbocycles. The number of carbonyl (C=O) groups is 4. The molecule has 0 bridgehead atoms. The fourth-order valence-electron chi connectivity index (χ4n) is 5.63. The van der Waals surface area contributed by atoms with Gasteiger partial charge in [0.2, 0.25) is 23.6 Å². The summed E-state index contributed by atoms with van der Waals surface area (Å²) in [4.78, 5) is 53.2. The van der Waals surface area contributed by atoms with E-state index in [-0.39, 0.29) is 37.0 Å². The second kappa shape index (κ2) is 17.7. The third-order valence-electron chi connectivity index (χ3n) is 7.93. The van der Waals surface area contributed by atoms with Gasteiger partial charge in [-0.05, 0) is 80.0 Å². The van der Waals surface area contributed by atoms with Gasteiger partial charge >= 0.3 is 0 Å². The van der Waals surface area contributed by atoms with Crippen molar-refractivity contribution >= 4 is 29.6 Å². The summed E-state index contributed by atoms with van der Waals surface area (Å²) in [5, 5.41) is 31.7. The minimum absolute atomic E-state index is 0.107. The van der Waals surface area contributed by atoms with Crippen LogP contribution < -0.4 is 43.8 Å². The molecule has 0 aromatic heterocycles. The van der Waals surface area contributed by atoms with Crippen molar-refractivity contribution in [1.82, 2.24) is 26.6 Å². The number of phenols is 1. The summed E-state index contributed by atoms with van der Waals surface area (Å²) in [5.41, 5.74) is 19.7. The number of nitrogens with one attached hydrogen (secondary N) is 6. The first-order chi connectivity index (χ1) is 22.0. The third-order valence-corrected chi connectivity index (χ3v) is 7.93. The molecule has 13 N–H and O–H groups in total. The van der Waals surface area contributed by atoms with E-state index in [4.69, 9.17) is 22.6 Å². The van der Waals surface area contributed by atoms with Crippen LogP contribution in [0.5, 0.6) is 5.75 Å². The number of carbonyl (C=O) groups excluding carboxylic acids is 4. The minimum atomic E-state index is -1.08. The van der Waals surface area contributed by atoms with Gasteiger partial charge in [-0.25, -0.2) is 0 Å². The zero-order chi connectivity index (χ0) is 33.6. The van der Waals surface area contributed by atoms with Gasteiger partial charge in [-0.1, -0.05) is 30.3 Å². The maximum absolute atomic E-state index is 13.8. The van der Waals surface area contributed by atoms with E-state index in [0.717, 1.165) is 22.3 Å².